The molecule has 2 aromatic rings. The minimum Gasteiger partial charge on any atom is -0.461 e. The lowest BCUT2D eigenvalue weighted by Crippen LogP contribution is -1.97. The van der Waals surface area contributed by atoms with Crippen LogP contribution in [-0.2, 0) is 0 Å². The Bertz CT molecular complexity index is 712. The van der Waals surface area contributed by atoms with Gasteiger partial charge in [-0.1, -0.05) is 24.3 Å². The summed E-state index contributed by atoms with van der Waals surface area (Å²) in [6.45, 7) is 9.87. The SMILES string of the molecule is C=C(C)c1ccc2c(c1)C(O)C(c1cc(C)c(C)o1)=C2. The Balaban J connectivity index is 2.04. The van der Waals surface area contributed by atoms with E-state index in [2.05, 4.69) is 6.58 Å². The van der Waals surface area contributed by atoms with Crippen molar-refractivity contribution in [1.29, 1.82) is 0 Å². The second-order valence-electron chi connectivity index (χ2n) is 5.48. The number of hydrogen-bond acceptors (Lipinski definition) is 2. The van der Waals surface area contributed by atoms with Gasteiger partial charge < -0.3 is 9.52 Å². The predicted octanol–water partition coefficient (Wildman–Crippen LogP) is 4.52. The Morgan fingerprint density at radius 3 is 2.60 bits per heavy atom. The number of hydrogen-bond donors (Lipinski definition) is 1. The van der Waals surface area contributed by atoms with Gasteiger partial charge in [0.2, 0.25) is 0 Å². The molecule has 1 N–H and O–H groups in total. The largest absolute Gasteiger partial charge is 0.461 e. The molecule has 2 heteroatoms. The van der Waals surface area contributed by atoms with Gasteiger partial charge in [-0.25, -0.2) is 0 Å². The van der Waals surface area contributed by atoms with E-state index >= 15 is 0 Å². The van der Waals surface area contributed by atoms with Crippen LogP contribution < -0.4 is 0 Å². The molecule has 0 spiro atoms. The van der Waals surface area contributed by atoms with E-state index in [0.29, 0.717) is 0 Å². The normalized spacial score (nSPS) is 17.0. The fourth-order valence-electron chi connectivity index (χ4n) is 2.54. The molecule has 0 radical (unpaired) electrons. The van der Waals surface area contributed by atoms with Crippen LogP contribution in [0.5, 0.6) is 0 Å². The molecule has 1 unspecified atom stereocenters. The van der Waals surface area contributed by atoms with E-state index in [4.69, 9.17) is 4.42 Å². The monoisotopic (exact) mass is 266 g/mol. The highest BCUT2D eigenvalue weighted by molar-refractivity contribution is 5.89. The van der Waals surface area contributed by atoms with E-state index in [-0.39, 0.29) is 0 Å². The first kappa shape index (κ1) is 12.9. The smallest absolute Gasteiger partial charge is 0.133 e. The number of furan rings is 1. The van der Waals surface area contributed by atoms with E-state index in [1.165, 1.54) is 0 Å². The summed E-state index contributed by atoms with van der Waals surface area (Å²) < 4.78 is 5.73. The van der Waals surface area contributed by atoms with E-state index in [1.54, 1.807) is 0 Å². The predicted molar refractivity (Wildman–Crippen MR) is 82.2 cm³/mol. The van der Waals surface area contributed by atoms with E-state index in [9.17, 15) is 5.11 Å². The molecule has 1 aromatic heterocycles. The fraction of sp³-hybridized carbons (Fsp3) is 0.222. The molecule has 3 rings (SSSR count). The summed E-state index contributed by atoms with van der Waals surface area (Å²) >= 11 is 0. The Morgan fingerprint density at radius 1 is 1.25 bits per heavy atom. The molecule has 2 nitrogen and oxygen atoms in total. The number of aryl methyl sites for hydroxylation is 2. The molecule has 0 saturated heterocycles. The summed E-state index contributed by atoms with van der Waals surface area (Å²) in [6.07, 6.45) is 1.37. The minimum absolute atomic E-state index is 0.630. The average molecular weight is 266 g/mol. The van der Waals surface area contributed by atoms with Crippen molar-refractivity contribution in [2.75, 3.05) is 0 Å². The maximum atomic E-state index is 10.5. The summed E-state index contributed by atoms with van der Waals surface area (Å²) in [4.78, 5) is 0. The molecule has 1 atom stereocenters. The highest BCUT2D eigenvalue weighted by Gasteiger charge is 2.26. The van der Waals surface area contributed by atoms with Gasteiger partial charge in [0, 0.05) is 5.57 Å². The second kappa shape index (κ2) is 4.50. The van der Waals surface area contributed by atoms with Crippen molar-refractivity contribution in [3.63, 3.8) is 0 Å². The molecule has 0 aliphatic heterocycles. The molecule has 0 saturated carbocycles. The third kappa shape index (κ3) is 1.93. The highest BCUT2D eigenvalue weighted by Crippen LogP contribution is 2.41. The third-order valence-corrected chi connectivity index (χ3v) is 3.93. The van der Waals surface area contributed by atoms with Crippen molar-refractivity contribution in [3.8, 4) is 0 Å². The first-order chi connectivity index (χ1) is 9.47. The van der Waals surface area contributed by atoms with Crippen molar-refractivity contribution < 1.29 is 9.52 Å². The first-order valence-electron chi connectivity index (χ1n) is 6.74. The zero-order chi connectivity index (χ0) is 14.4. The molecule has 1 heterocycles. The third-order valence-electron chi connectivity index (χ3n) is 3.93. The van der Waals surface area contributed by atoms with Gasteiger partial charge >= 0.3 is 0 Å². The Hall–Kier alpha value is -2.06. The van der Waals surface area contributed by atoms with Crippen LogP contribution in [0.2, 0.25) is 0 Å². The van der Waals surface area contributed by atoms with Gasteiger partial charge in [0.05, 0.1) is 0 Å². The van der Waals surface area contributed by atoms with Gasteiger partial charge in [-0.2, -0.15) is 0 Å². The molecule has 0 bridgehead atoms. The van der Waals surface area contributed by atoms with Gasteiger partial charge in [0.25, 0.3) is 0 Å². The maximum absolute atomic E-state index is 10.5. The first-order valence-corrected chi connectivity index (χ1v) is 6.74. The molecule has 102 valence electrons. The summed E-state index contributed by atoms with van der Waals surface area (Å²) in [7, 11) is 0. The number of fused-ring (bicyclic) bond motifs is 1. The van der Waals surface area contributed by atoms with Crippen LogP contribution in [0.1, 0.15) is 46.8 Å². The van der Waals surface area contributed by atoms with Crippen molar-refractivity contribution in [2.24, 2.45) is 0 Å². The minimum atomic E-state index is -0.630. The number of aliphatic hydroxyl groups is 1. The van der Waals surface area contributed by atoms with Crippen molar-refractivity contribution in [2.45, 2.75) is 26.9 Å². The lowest BCUT2D eigenvalue weighted by atomic mass is 10.00. The van der Waals surface area contributed by atoms with Crippen LogP contribution in [-0.4, -0.2) is 5.11 Å². The van der Waals surface area contributed by atoms with Crippen LogP contribution in [0, 0.1) is 13.8 Å². The van der Waals surface area contributed by atoms with Crippen LogP contribution in [0.15, 0.2) is 35.3 Å². The topological polar surface area (TPSA) is 33.4 Å². The van der Waals surface area contributed by atoms with Crippen molar-refractivity contribution in [1.82, 2.24) is 0 Å². The zero-order valence-corrected chi connectivity index (χ0v) is 12.0. The molecule has 1 aromatic carbocycles. The quantitative estimate of drug-likeness (QED) is 0.867. The lowest BCUT2D eigenvalue weighted by molar-refractivity contribution is 0.238. The van der Waals surface area contributed by atoms with Crippen molar-refractivity contribution in [3.05, 3.63) is 64.6 Å². The summed E-state index contributed by atoms with van der Waals surface area (Å²) in [5.41, 5.74) is 5.96. The Morgan fingerprint density at radius 2 is 2.00 bits per heavy atom. The molecule has 0 amide bonds. The van der Waals surface area contributed by atoms with Gasteiger partial charge in [-0.15, -0.1) is 0 Å². The summed E-state index contributed by atoms with van der Waals surface area (Å²) in [5, 5.41) is 10.5. The van der Waals surface area contributed by atoms with Crippen LogP contribution >= 0.6 is 0 Å². The lowest BCUT2D eigenvalue weighted by Gasteiger charge is -2.10. The van der Waals surface area contributed by atoms with Crippen LogP contribution in [0.25, 0.3) is 17.2 Å². The van der Waals surface area contributed by atoms with E-state index < -0.39 is 6.10 Å². The van der Waals surface area contributed by atoms with Gasteiger partial charge in [-0.05, 0) is 61.2 Å². The van der Waals surface area contributed by atoms with Gasteiger partial charge in [0.1, 0.15) is 17.6 Å². The molecule has 20 heavy (non-hydrogen) atoms. The van der Waals surface area contributed by atoms with E-state index in [0.717, 1.165) is 44.9 Å². The molecule has 1 aliphatic rings. The number of allylic oxidation sites excluding steroid dienone is 1. The highest BCUT2D eigenvalue weighted by atomic mass is 16.3. The molecular weight excluding hydrogens is 248 g/mol. The molecular formula is C18H18O2. The van der Waals surface area contributed by atoms with Crippen LogP contribution in [0.4, 0.5) is 0 Å². The van der Waals surface area contributed by atoms with Gasteiger partial charge in [-0.3, -0.25) is 0 Å². The molecule has 0 fully saturated rings. The molecule has 1 aliphatic carbocycles. The average Bonchev–Trinajstić information content (AvgIpc) is 2.91. The fourth-order valence-corrected chi connectivity index (χ4v) is 2.54. The maximum Gasteiger partial charge on any atom is 0.133 e. The van der Waals surface area contributed by atoms with Crippen molar-refractivity contribution >= 4 is 17.2 Å². The number of benzene rings is 1. The van der Waals surface area contributed by atoms with E-state index in [1.807, 2.05) is 51.1 Å². The second-order valence-corrected chi connectivity index (χ2v) is 5.48. The zero-order valence-electron chi connectivity index (χ0n) is 12.0. The Labute approximate surface area is 119 Å². The number of rotatable bonds is 2. The Kier molecular flexibility index (Phi) is 2.91. The number of aliphatic hydroxyl groups excluding tert-OH is 1. The van der Waals surface area contributed by atoms with Gasteiger partial charge in [0.15, 0.2) is 0 Å². The summed E-state index contributed by atoms with van der Waals surface area (Å²) in [5.74, 6) is 1.65. The standard InChI is InChI=1S/C18H18O2/c1-10(2)13-5-6-14-9-16(18(19)15(14)8-13)17-7-11(3)12(4)20-17/h5-9,18-19H,1H2,2-4H3. The summed E-state index contributed by atoms with van der Waals surface area (Å²) in [6, 6.07) is 8.05. The van der Waals surface area contributed by atoms with Crippen LogP contribution in [0.3, 0.4) is 0 Å².